The van der Waals surface area contributed by atoms with E-state index in [1.807, 2.05) is 7.05 Å². The third kappa shape index (κ3) is 3.62. The van der Waals surface area contributed by atoms with Crippen molar-refractivity contribution in [2.75, 3.05) is 7.05 Å². The van der Waals surface area contributed by atoms with Gasteiger partial charge in [0, 0.05) is 12.6 Å². The quantitative estimate of drug-likeness (QED) is 0.860. The molecule has 0 spiro atoms. The molecule has 0 aliphatic carbocycles. The Morgan fingerprint density at radius 1 is 1.37 bits per heavy atom. The van der Waals surface area contributed by atoms with Crippen LogP contribution in [0.3, 0.4) is 0 Å². The van der Waals surface area contributed by atoms with Crippen LogP contribution >= 0.6 is 27.5 Å². The van der Waals surface area contributed by atoms with Crippen molar-refractivity contribution >= 4 is 27.5 Å². The van der Waals surface area contributed by atoms with Crippen LogP contribution in [0, 0.1) is 5.82 Å². The largest absolute Gasteiger partial charge is 0.436 e. The number of halogens is 3. The second kappa shape index (κ2) is 6.27. The van der Waals surface area contributed by atoms with Gasteiger partial charge in [-0.3, -0.25) is 4.98 Å². The summed E-state index contributed by atoms with van der Waals surface area (Å²) < 4.78 is 19.3. The van der Waals surface area contributed by atoms with Crippen molar-refractivity contribution in [2.45, 2.75) is 6.54 Å². The van der Waals surface area contributed by atoms with Gasteiger partial charge in [-0.25, -0.2) is 9.37 Å². The predicted octanol–water partition coefficient (Wildman–Crippen LogP) is 3.54. The highest BCUT2D eigenvalue weighted by Gasteiger charge is 2.09. The van der Waals surface area contributed by atoms with E-state index in [0.29, 0.717) is 11.0 Å². The molecule has 0 radical (unpaired) electrons. The van der Waals surface area contributed by atoms with Crippen LogP contribution in [0.4, 0.5) is 4.39 Å². The number of hydrogen-bond donors (Lipinski definition) is 1. The topological polar surface area (TPSA) is 47.0 Å². The lowest BCUT2D eigenvalue weighted by atomic mass is 10.3. The molecular formula is C12H10BrClFN3O. The van der Waals surface area contributed by atoms with E-state index in [1.54, 1.807) is 6.20 Å². The molecule has 2 aromatic rings. The Morgan fingerprint density at radius 3 is 2.79 bits per heavy atom. The molecule has 7 heteroatoms. The minimum atomic E-state index is -0.556. The lowest BCUT2D eigenvalue weighted by Crippen LogP contribution is -2.07. The maximum atomic E-state index is 13.3. The molecule has 1 heterocycles. The van der Waals surface area contributed by atoms with Crippen LogP contribution in [-0.2, 0) is 6.54 Å². The van der Waals surface area contributed by atoms with Crippen molar-refractivity contribution in [1.82, 2.24) is 15.3 Å². The van der Waals surface area contributed by atoms with E-state index in [-0.39, 0.29) is 16.7 Å². The van der Waals surface area contributed by atoms with Gasteiger partial charge < -0.3 is 10.1 Å². The second-order valence-electron chi connectivity index (χ2n) is 3.68. The van der Waals surface area contributed by atoms with Crippen LogP contribution in [0.2, 0.25) is 5.02 Å². The zero-order valence-corrected chi connectivity index (χ0v) is 12.3. The summed E-state index contributed by atoms with van der Waals surface area (Å²) in [5, 5.41) is 2.98. The number of ether oxygens (including phenoxy) is 1. The van der Waals surface area contributed by atoms with Gasteiger partial charge in [0.15, 0.2) is 0 Å². The minimum Gasteiger partial charge on any atom is -0.436 e. The average Bonchev–Trinajstić information content (AvgIpc) is 2.38. The summed E-state index contributed by atoms with van der Waals surface area (Å²) >= 11 is 8.89. The van der Waals surface area contributed by atoms with Crippen molar-refractivity contribution in [3.63, 3.8) is 0 Å². The lowest BCUT2D eigenvalue weighted by Gasteiger charge is -2.08. The Morgan fingerprint density at radius 2 is 2.16 bits per heavy atom. The zero-order valence-electron chi connectivity index (χ0n) is 9.95. The number of aromatic nitrogens is 2. The molecular weight excluding hydrogens is 337 g/mol. The minimum absolute atomic E-state index is 0.0228. The van der Waals surface area contributed by atoms with Crippen molar-refractivity contribution in [3.8, 4) is 11.6 Å². The van der Waals surface area contributed by atoms with Gasteiger partial charge in [0.05, 0.1) is 27.6 Å². The van der Waals surface area contributed by atoms with E-state index < -0.39 is 5.82 Å². The Kier molecular flexibility index (Phi) is 4.68. The highest BCUT2D eigenvalue weighted by atomic mass is 79.9. The molecule has 2 rings (SSSR count). The summed E-state index contributed by atoms with van der Waals surface area (Å²) in [6.45, 7) is 0.618. The highest BCUT2D eigenvalue weighted by molar-refractivity contribution is 9.10. The maximum Gasteiger partial charge on any atom is 0.237 e. The first-order valence-corrected chi connectivity index (χ1v) is 6.55. The van der Waals surface area contributed by atoms with Crippen molar-refractivity contribution in [2.24, 2.45) is 0 Å². The van der Waals surface area contributed by atoms with Gasteiger partial charge in [0.2, 0.25) is 5.88 Å². The summed E-state index contributed by atoms with van der Waals surface area (Å²) in [6, 6.07) is 2.62. The van der Waals surface area contributed by atoms with E-state index in [2.05, 4.69) is 31.2 Å². The fourth-order valence-electron chi connectivity index (χ4n) is 1.36. The van der Waals surface area contributed by atoms with Crippen LogP contribution in [0.1, 0.15) is 5.69 Å². The molecule has 19 heavy (non-hydrogen) atoms. The number of nitrogens with zero attached hydrogens (tertiary/aromatic N) is 2. The first-order chi connectivity index (χ1) is 9.10. The summed E-state index contributed by atoms with van der Waals surface area (Å²) in [5.41, 5.74) is 0.788. The molecule has 4 nitrogen and oxygen atoms in total. The molecule has 0 saturated heterocycles. The van der Waals surface area contributed by atoms with Crippen LogP contribution in [0.15, 0.2) is 29.0 Å². The Labute approximate surface area is 123 Å². The van der Waals surface area contributed by atoms with Gasteiger partial charge in [-0.15, -0.1) is 0 Å². The molecule has 1 aromatic heterocycles. The van der Waals surface area contributed by atoms with Gasteiger partial charge in [0.25, 0.3) is 0 Å². The van der Waals surface area contributed by atoms with Gasteiger partial charge >= 0.3 is 0 Å². The summed E-state index contributed by atoms with van der Waals surface area (Å²) in [7, 11) is 1.82. The molecule has 100 valence electrons. The first-order valence-electron chi connectivity index (χ1n) is 5.38. The van der Waals surface area contributed by atoms with Gasteiger partial charge in [0.1, 0.15) is 11.6 Å². The van der Waals surface area contributed by atoms with Gasteiger partial charge in [-0.1, -0.05) is 11.6 Å². The van der Waals surface area contributed by atoms with Crippen LogP contribution in [0.25, 0.3) is 0 Å². The number of rotatable bonds is 4. The zero-order chi connectivity index (χ0) is 13.8. The highest BCUT2D eigenvalue weighted by Crippen LogP contribution is 2.32. The van der Waals surface area contributed by atoms with E-state index >= 15 is 0 Å². The second-order valence-corrected chi connectivity index (χ2v) is 4.94. The molecule has 1 aromatic carbocycles. The number of benzene rings is 1. The molecule has 0 unspecified atom stereocenters. The first kappa shape index (κ1) is 14.2. The Hall–Kier alpha value is -1.24. The fourth-order valence-corrected chi connectivity index (χ4v) is 2.08. The summed E-state index contributed by atoms with van der Waals surface area (Å²) in [5.74, 6) is 0.0134. The number of nitrogens with one attached hydrogen (secondary N) is 1. The van der Waals surface area contributed by atoms with Crippen molar-refractivity contribution in [3.05, 3.63) is 45.5 Å². The molecule has 0 aliphatic heterocycles. The molecule has 0 aliphatic rings. The van der Waals surface area contributed by atoms with Gasteiger partial charge in [-0.2, -0.15) is 0 Å². The van der Waals surface area contributed by atoms with E-state index in [4.69, 9.17) is 16.3 Å². The molecule has 0 bridgehead atoms. The normalized spacial score (nSPS) is 10.5. The molecule has 0 saturated carbocycles. The van der Waals surface area contributed by atoms with Crippen molar-refractivity contribution in [1.29, 1.82) is 0 Å². The predicted molar refractivity (Wildman–Crippen MR) is 74.0 cm³/mol. The fraction of sp³-hybridized carbons (Fsp3) is 0.167. The number of hydrogen-bond acceptors (Lipinski definition) is 4. The molecule has 0 fully saturated rings. The maximum absolute atomic E-state index is 13.3. The van der Waals surface area contributed by atoms with E-state index in [0.717, 1.165) is 5.69 Å². The molecule has 0 amide bonds. The van der Waals surface area contributed by atoms with E-state index in [1.165, 1.54) is 18.3 Å². The van der Waals surface area contributed by atoms with Gasteiger partial charge in [-0.05, 0) is 29.0 Å². The standard InChI is InChI=1S/C12H10BrClFN3O/c1-16-4-7-5-18-12(6-17-7)19-11-3-10(15)9(14)2-8(11)13/h2-3,5-6,16H,4H2,1H3. The monoisotopic (exact) mass is 345 g/mol. The molecule has 1 N–H and O–H groups in total. The average molecular weight is 347 g/mol. The van der Waals surface area contributed by atoms with Crippen LogP contribution in [0.5, 0.6) is 11.6 Å². The summed E-state index contributed by atoms with van der Waals surface area (Å²) in [6.07, 6.45) is 3.07. The van der Waals surface area contributed by atoms with E-state index in [9.17, 15) is 4.39 Å². The van der Waals surface area contributed by atoms with Crippen LogP contribution < -0.4 is 10.1 Å². The summed E-state index contributed by atoms with van der Waals surface area (Å²) in [4.78, 5) is 8.23. The van der Waals surface area contributed by atoms with Crippen LogP contribution in [-0.4, -0.2) is 17.0 Å². The SMILES string of the molecule is CNCc1cnc(Oc2cc(F)c(Cl)cc2Br)cn1. The lowest BCUT2D eigenvalue weighted by molar-refractivity contribution is 0.451. The third-order valence-electron chi connectivity index (χ3n) is 2.23. The Bertz CT molecular complexity index is 580. The molecule has 0 atom stereocenters. The smallest absolute Gasteiger partial charge is 0.237 e. The third-order valence-corrected chi connectivity index (χ3v) is 3.14. The Balaban J connectivity index is 2.19. The van der Waals surface area contributed by atoms with Crippen molar-refractivity contribution < 1.29 is 9.13 Å².